The van der Waals surface area contributed by atoms with Crippen molar-refractivity contribution in [1.82, 2.24) is 9.97 Å². The second-order valence-electron chi connectivity index (χ2n) is 11.0. The molecule has 0 spiro atoms. The van der Waals surface area contributed by atoms with Crippen LogP contribution in [0.3, 0.4) is 0 Å². The zero-order chi connectivity index (χ0) is 30.6. The molecule has 0 radical (unpaired) electrons. The number of nitrogens with zero attached hydrogens (tertiary/aromatic N) is 2. The van der Waals surface area contributed by atoms with Crippen molar-refractivity contribution >= 4 is 75.1 Å². The van der Waals surface area contributed by atoms with Crippen LogP contribution in [0.2, 0.25) is 10.0 Å². The number of rotatable bonds is 8. The van der Waals surface area contributed by atoms with Crippen LogP contribution in [0.15, 0.2) is 109 Å². The van der Waals surface area contributed by atoms with Gasteiger partial charge >= 0.3 is 0 Å². The molecule has 3 nitrogen and oxygen atoms in total. The van der Waals surface area contributed by atoms with E-state index in [4.69, 9.17) is 33.2 Å². The monoisotopic (exact) mass is 612 g/mol. The van der Waals surface area contributed by atoms with Crippen LogP contribution >= 0.6 is 23.2 Å². The van der Waals surface area contributed by atoms with Crippen molar-refractivity contribution in [3.8, 4) is 0 Å². The molecule has 0 bridgehead atoms. The predicted molar refractivity (Wildman–Crippen MR) is 186 cm³/mol. The molecule has 6 rings (SSSR count). The van der Waals surface area contributed by atoms with E-state index in [0.29, 0.717) is 10.0 Å². The zero-order valence-corrected chi connectivity index (χ0v) is 25.9. The molecule has 2 atom stereocenters. The number of pyridine rings is 2. The van der Waals surface area contributed by atoms with Gasteiger partial charge in [0.2, 0.25) is 0 Å². The third-order valence-electron chi connectivity index (χ3n) is 7.92. The Bertz CT molecular complexity index is 1920. The number of carbonyl (C=O) groups is 1. The van der Waals surface area contributed by atoms with Crippen LogP contribution in [0.5, 0.6) is 0 Å². The molecule has 6 aromatic rings. The highest BCUT2D eigenvalue weighted by molar-refractivity contribution is 6.31. The molecule has 0 saturated carbocycles. The van der Waals surface area contributed by atoms with E-state index in [0.717, 1.165) is 55.4 Å². The summed E-state index contributed by atoms with van der Waals surface area (Å²) in [4.78, 5) is 23.1. The summed E-state index contributed by atoms with van der Waals surface area (Å²) >= 11 is 12.3. The van der Waals surface area contributed by atoms with Gasteiger partial charge in [-0.2, -0.15) is 0 Å². The minimum absolute atomic E-state index is 0.174. The van der Waals surface area contributed by atoms with Gasteiger partial charge in [-0.15, -0.1) is 0 Å². The van der Waals surface area contributed by atoms with Crippen molar-refractivity contribution in [2.75, 3.05) is 0 Å². The lowest BCUT2D eigenvalue weighted by Crippen LogP contribution is -2.16. The van der Waals surface area contributed by atoms with E-state index in [1.165, 1.54) is 0 Å². The van der Waals surface area contributed by atoms with Gasteiger partial charge in [-0.25, -0.2) is 9.97 Å². The number of halogens is 2. The largest absolute Gasteiger partial charge is 0.298 e. The highest BCUT2D eigenvalue weighted by Crippen LogP contribution is 2.28. The molecule has 216 valence electrons. The number of Topliss-reactive ketones (excluding diaryl/α,β-unsaturated/α-hetero) is 1. The van der Waals surface area contributed by atoms with E-state index in [1.807, 2.05) is 135 Å². The molecule has 4 aromatic carbocycles. The maximum atomic E-state index is 13.7. The Morgan fingerprint density at radius 2 is 1.00 bits per heavy atom. The first-order chi connectivity index (χ1) is 21.3. The fourth-order valence-corrected chi connectivity index (χ4v) is 5.66. The Balaban J connectivity index is 1.15. The van der Waals surface area contributed by atoms with Crippen molar-refractivity contribution in [2.24, 2.45) is 0 Å². The van der Waals surface area contributed by atoms with Gasteiger partial charge in [-0.3, -0.25) is 4.79 Å². The third kappa shape index (κ3) is 6.81. The van der Waals surface area contributed by atoms with E-state index >= 15 is 0 Å². The summed E-state index contributed by atoms with van der Waals surface area (Å²) in [5.74, 6) is -0.340. The van der Waals surface area contributed by atoms with E-state index in [-0.39, 0.29) is 17.6 Å². The van der Waals surface area contributed by atoms with Crippen molar-refractivity contribution in [3.05, 3.63) is 153 Å². The molecule has 44 heavy (non-hydrogen) atoms. The quantitative estimate of drug-likeness (QED) is 0.172. The Morgan fingerprint density at radius 3 is 1.45 bits per heavy atom. The summed E-state index contributed by atoms with van der Waals surface area (Å²) in [5.41, 5.74) is 7.41. The van der Waals surface area contributed by atoms with Gasteiger partial charge in [0, 0.05) is 32.7 Å². The first-order valence-electron chi connectivity index (χ1n) is 14.5. The minimum Gasteiger partial charge on any atom is -0.298 e. The molecule has 2 heterocycles. The molecule has 2 aromatic heterocycles. The summed E-state index contributed by atoms with van der Waals surface area (Å²) in [6.45, 7) is 3.97. The first-order valence-corrected chi connectivity index (χ1v) is 15.3. The Hall–Kier alpha value is -4.57. The molecule has 0 saturated heterocycles. The number of aromatic nitrogens is 2. The smallest absolute Gasteiger partial charge is 0.147 e. The number of fused-ring (bicyclic) bond motifs is 2. The Morgan fingerprint density at radius 1 is 0.568 bits per heavy atom. The topological polar surface area (TPSA) is 42.9 Å². The van der Waals surface area contributed by atoms with Crippen molar-refractivity contribution in [3.63, 3.8) is 0 Å². The molecule has 0 aliphatic rings. The molecule has 0 aliphatic heterocycles. The number of hydrogen-bond acceptors (Lipinski definition) is 3. The van der Waals surface area contributed by atoms with E-state index in [1.54, 1.807) is 0 Å². The summed E-state index contributed by atoms with van der Waals surface area (Å²) in [6, 6.07) is 35.7. The highest BCUT2D eigenvalue weighted by atomic mass is 35.5. The van der Waals surface area contributed by atoms with Crippen LogP contribution < -0.4 is 0 Å². The average molecular weight is 614 g/mol. The summed E-state index contributed by atoms with van der Waals surface area (Å²) in [5, 5.41) is 3.42. The molecule has 2 unspecified atom stereocenters. The maximum absolute atomic E-state index is 13.7. The predicted octanol–water partition coefficient (Wildman–Crippen LogP) is 10.9. The molecule has 0 N–H and O–H groups in total. The second kappa shape index (κ2) is 13.0. The van der Waals surface area contributed by atoms with Gasteiger partial charge in [-0.05, 0) is 70.8 Å². The standard InChI is InChI=1S/C39H30Cl2N2O/c1-25(31-7-3-5-27(21-31)9-17-35-19-13-29-11-15-33(40)23-37(29)42-35)39(44)26(2)32-8-4-6-28(22-32)10-18-36-20-14-30-12-16-34(41)24-38(30)43-36/h3-26H,1-2H3/b17-9+,18-10+. The molecule has 0 fully saturated rings. The van der Waals surface area contributed by atoms with E-state index in [2.05, 4.69) is 12.1 Å². The lowest BCUT2D eigenvalue weighted by Gasteiger charge is -2.18. The summed E-state index contributed by atoms with van der Waals surface area (Å²) in [7, 11) is 0. The van der Waals surface area contributed by atoms with E-state index in [9.17, 15) is 4.79 Å². The number of ketones is 1. The number of benzene rings is 4. The third-order valence-corrected chi connectivity index (χ3v) is 8.39. The molecule has 0 amide bonds. The zero-order valence-electron chi connectivity index (χ0n) is 24.4. The SMILES string of the molecule is CC(C(=O)C(C)c1cccc(/C=C/c2ccc3ccc(Cl)cc3n2)c1)c1cccc(/C=C/c2ccc3ccc(Cl)cc3n2)c1. The number of hydrogen-bond donors (Lipinski definition) is 0. The summed E-state index contributed by atoms with van der Waals surface area (Å²) in [6.07, 6.45) is 8.02. The van der Waals surface area contributed by atoms with Gasteiger partial charge in [-0.1, -0.05) is 122 Å². The molecular weight excluding hydrogens is 583 g/mol. The van der Waals surface area contributed by atoms with E-state index < -0.39 is 0 Å². The fraction of sp³-hybridized carbons (Fsp3) is 0.103. The van der Waals surface area contributed by atoms with Crippen LogP contribution in [0, 0.1) is 0 Å². The van der Waals surface area contributed by atoms with Gasteiger partial charge in [0.1, 0.15) is 5.78 Å². The van der Waals surface area contributed by atoms with Crippen LogP contribution in [0.4, 0.5) is 0 Å². The molecular formula is C39H30Cl2N2O. The lowest BCUT2D eigenvalue weighted by atomic mass is 9.85. The van der Waals surface area contributed by atoms with Crippen molar-refractivity contribution in [2.45, 2.75) is 25.7 Å². The lowest BCUT2D eigenvalue weighted by molar-refractivity contribution is -0.121. The minimum atomic E-state index is -0.257. The number of carbonyl (C=O) groups excluding carboxylic acids is 1. The normalized spacial score (nSPS) is 13.2. The summed E-state index contributed by atoms with van der Waals surface area (Å²) < 4.78 is 0. The Labute approximate surface area is 267 Å². The average Bonchev–Trinajstić information content (AvgIpc) is 3.05. The van der Waals surface area contributed by atoms with Crippen LogP contribution in [-0.2, 0) is 4.79 Å². The maximum Gasteiger partial charge on any atom is 0.147 e. The van der Waals surface area contributed by atoms with Gasteiger partial charge < -0.3 is 0 Å². The van der Waals surface area contributed by atoms with Gasteiger partial charge in [0.25, 0.3) is 0 Å². The van der Waals surface area contributed by atoms with Gasteiger partial charge in [0.15, 0.2) is 0 Å². The van der Waals surface area contributed by atoms with Crippen molar-refractivity contribution < 1.29 is 4.79 Å². The van der Waals surface area contributed by atoms with Crippen LogP contribution in [-0.4, -0.2) is 15.8 Å². The Kier molecular flexibility index (Phi) is 8.70. The van der Waals surface area contributed by atoms with Gasteiger partial charge in [0.05, 0.1) is 22.4 Å². The fourth-order valence-electron chi connectivity index (χ4n) is 5.33. The second-order valence-corrected chi connectivity index (χ2v) is 11.9. The molecule has 5 heteroatoms. The van der Waals surface area contributed by atoms with Crippen LogP contribution in [0.1, 0.15) is 59.3 Å². The van der Waals surface area contributed by atoms with Crippen molar-refractivity contribution in [1.29, 1.82) is 0 Å². The highest BCUT2D eigenvalue weighted by Gasteiger charge is 2.23. The van der Waals surface area contributed by atoms with Crippen LogP contribution in [0.25, 0.3) is 46.1 Å². The first kappa shape index (κ1) is 29.5. The molecule has 0 aliphatic carbocycles.